The number of carbonyl (C=O) groups is 1. The summed E-state index contributed by atoms with van der Waals surface area (Å²) in [5.41, 5.74) is 9.41. The van der Waals surface area contributed by atoms with Crippen molar-refractivity contribution < 1.29 is 4.79 Å². The van der Waals surface area contributed by atoms with Gasteiger partial charge in [0.05, 0.1) is 12.1 Å². The van der Waals surface area contributed by atoms with Gasteiger partial charge in [0.15, 0.2) is 0 Å². The first-order chi connectivity index (χ1) is 8.11. The summed E-state index contributed by atoms with van der Waals surface area (Å²) in [6, 6.07) is 6.03. The Morgan fingerprint density at radius 2 is 2.18 bits per heavy atom. The van der Waals surface area contributed by atoms with E-state index in [9.17, 15) is 4.79 Å². The molecule has 4 nitrogen and oxygen atoms in total. The van der Waals surface area contributed by atoms with E-state index in [0.717, 1.165) is 22.5 Å². The van der Waals surface area contributed by atoms with Gasteiger partial charge in [-0.25, -0.2) is 5.01 Å². The van der Waals surface area contributed by atoms with Crippen molar-refractivity contribution in [1.29, 1.82) is 0 Å². The van der Waals surface area contributed by atoms with Crippen LogP contribution in [0.3, 0.4) is 0 Å². The van der Waals surface area contributed by atoms with Crippen LogP contribution in [0.4, 0.5) is 5.69 Å². The molecule has 0 unspecified atom stereocenters. The molecule has 0 saturated heterocycles. The van der Waals surface area contributed by atoms with Crippen LogP contribution in [0.15, 0.2) is 23.3 Å². The summed E-state index contributed by atoms with van der Waals surface area (Å²) in [6.45, 7) is 4.53. The van der Waals surface area contributed by atoms with E-state index in [1.807, 2.05) is 32.0 Å². The Balaban J connectivity index is 2.33. The lowest BCUT2D eigenvalue weighted by Gasteiger charge is -2.15. The summed E-state index contributed by atoms with van der Waals surface area (Å²) in [4.78, 5) is 11.9. The van der Waals surface area contributed by atoms with Crippen molar-refractivity contribution in [2.75, 3.05) is 11.6 Å². The standard InChI is InChI=1S/C13H17N3O/c1-9-3-4-10(2)12(7-9)16-13(17)8-11(15-16)5-6-14/h3-4,7H,5-6,8,14H2,1-2H3. The molecule has 1 aromatic carbocycles. The van der Waals surface area contributed by atoms with E-state index in [4.69, 9.17) is 5.73 Å². The summed E-state index contributed by atoms with van der Waals surface area (Å²) in [7, 11) is 0. The Bertz CT molecular complexity index is 480. The lowest BCUT2D eigenvalue weighted by atomic mass is 10.1. The first kappa shape index (κ1) is 11.8. The molecule has 17 heavy (non-hydrogen) atoms. The van der Waals surface area contributed by atoms with Crippen LogP contribution in [0.5, 0.6) is 0 Å². The van der Waals surface area contributed by atoms with Gasteiger partial charge in [0.1, 0.15) is 0 Å². The van der Waals surface area contributed by atoms with Crippen LogP contribution in [-0.4, -0.2) is 18.2 Å². The highest BCUT2D eigenvalue weighted by molar-refractivity contribution is 6.13. The summed E-state index contributed by atoms with van der Waals surface area (Å²) >= 11 is 0. The Hall–Kier alpha value is -1.68. The molecule has 0 atom stereocenters. The van der Waals surface area contributed by atoms with Gasteiger partial charge in [-0.3, -0.25) is 4.79 Å². The lowest BCUT2D eigenvalue weighted by Crippen LogP contribution is -2.20. The van der Waals surface area contributed by atoms with E-state index in [0.29, 0.717) is 19.4 Å². The largest absolute Gasteiger partial charge is 0.330 e. The van der Waals surface area contributed by atoms with Gasteiger partial charge < -0.3 is 5.73 Å². The van der Waals surface area contributed by atoms with Crippen LogP contribution in [0.1, 0.15) is 24.0 Å². The smallest absolute Gasteiger partial charge is 0.253 e. The average molecular weight is 231 g/mol. The van der Waals surface area contributed by atoms with E-state index in [1.54, 1.807) is 0 Å². The third-order valence-corrected chi connectivity index (χ3v) is 2.86. The molecule has 0 fully saturated rings. The zero-order valence-corrected chi connectivity index (χ0v) is 10.2. The molecule has 4 heteroatoms. The topological polar surface area (TPSA) is 58.7 Å². The number of rotatable bonds is 3. The van der Waals surface area contributed by atoms with Crippen LogP contribution >= 0.6 is 0 Å². The molecule has 0 saturated carbocycles. The number of hydrazone groups is 1. The summed E-state index contributed by atoms with van der Waals surface area (Å²) in [5.74, 6) is 0.0298. The van der Waals surface area contributed by atoms with Gasteiger partial charge in [-0.15, -0.1) is 0 Å². The minimum atomic E-state index is 0.0298. The van der Waals surface area contributed by atoms with Crippen molar-refractivity contribution >= 4 is 17.3 Å². The van der Waals surface area contributed by atoms with E-state index in [2.05, 4.69) is 5.10 Å². The Morgan fingerprint density at radius 1 is 1.41 bits per heavy atom. The average Bonchev–Trinajstić information content (AvgIpc) is 2.64. The number of hydrogen-bond acceptors (Lipinski definition) is 3. The van der Waals surface area contributed by atoms with Crippen LogP contribution in [0.2, 0.25) is 0 Å². The highest BCUT2D eigenvalue weighted by atomic mass is 16.2. The third-order valence-electron chi connectivity index (χ3n) is 2.86. The zero-order chi connectivity index (χ0) is 12.4. The second kappa shape index (κ2) is 4.67. The van der Waals surface area contributed by atoms with Crippen LogP contribution in [0, 0.1) is 13.8 Å². The van der Waals surface area contributed by atoms with E-state index in [-0.39, 0.29) is 5.91 Å². The van der Waals surface area contributed by atoms with Gasteiger partial charge in [-0.1, -0.05) is 12.1 Å². The molecule has 1 aliphatic heterocycles. The molecule has 1 aliphatic rings. The van der Waals surface area contributed by atoms with E-state index in [1.165, 1.54) is 5.01 Å². The van der Waals surface area contributed by atoms with E-state index >= 15 is 0 Å². The number of amides is 1. The van der Waals surface area contributed by atoms with Gasteiger partial charge in [0.2, 0.25) is 0 Å². The van der Waals surface area contributed by atoms with Gasteiger partial charge in [0.25, 0.3) is 5.91 Å². The molecule has 1 heterocycles. The molecule has 0 spiro atoms. The fourth-order valence-corrected chi connectivity index (χ4v) is 1.92. The van der Waals surface area contributed by atoms with Crippen molar-refractivity contribution in [2.24, 2.45) is 10.8 Å². The van der Waals surface area contributed by atoms with Crippen molar-refractivity contribution in [1.82, 2.24) is 0 Å². The van der Waals surface area contributed by atoms with Crippen molar-refractivity contribution in [3.63, 3.8) is 0 Å². The Labute approximate surface area is 101 Å². The molecule has 90 valence electrons. The number of hydrogen-bond donors (Lipinski definition) is 1. The monoisotopic (exact) mass is 231 g/mol. The van der Waals surface area contributed by atoms with Crippen LogP contribution in [0.25, 0.3) is 0 Å². The molecular weight excluding hydrogens is 214 g/mol. The van der Waals surface area contributed by atoms with Gasteiger partial charge in [-0.2, -0.15) is 5.10 Å². The molecule has 2 N–H and O–H groups in total. The highest BCUT2D eigenvalue weighted by Crippen LogP contribution is 2.26. The lowest BCUT2D eigenvalue weighted by molar-refractivity contribution is -0.116. The predicted molar refractivity (Wildman–Crippen MR) is 69.1 cm³/mol. The summed E-state index contributed by atoms with van der Waals surface area (Å²) < 4.78 is 0. The normalized spacial score (nSPS) is 15.4. The van der Waals surface area contributed by atoms with E-state index < -0.39 is 0 Å². The van der Waals surface area contributed by atoms with Crippen LogP contribution < -0.4 is 10.7 Å². The maximum atomic E-state index is 11.9. The number of aryl methyl sites for hydroxylation is 2. The second-order valence-corrected chi connectivity index (χ2v) is 4.38. The molecule has 2 rings (SSSR count). The number of nitrogens with zero attached hydrogens (tertiary/aromatic N) is 2. The second-order valence-electron chi connectivity index (χ2n) is 4.38. The number of nitrogens with two attached hydrogens (primary N) is 1. The Kier molecular flexibility index (Phi) is 3.24. The number of anilines is 1. The molecule has 0 radical (unpaired) electrons. The SMILES string of the molecule is Cc1ccc(C)c(N2N=C(CCN)CC2=O)c1. The minimum absolute atomic E-state index is 0.0298. The minimum Gasteiger partial charge on any atom is -0.330 e. The first-order valence-electron chi connectivity index (χ1n) is 5.78. The quantitative estimate of drug-likeness (QED) is 0.861. The summed E-state index contributed by atoms with van der Waals surface area (Å²) in [6.07, 6.45) is 1.08. The van der Waals surface area contributed by atoms with Crippen molar-refractivity contribution in [3.05, 3.63) is 29.3 Å². The molecule has 1 amide bonds. The summed E-state index contributed by atoms with van der Waals surface area (Å²) in [5, 5.41) is 5.86. The molecule has 0 bridgehead atoms. The van der Waals surface area contributed by atoms with Gasteiger partial charge >= 0.3 is 0 Å². The van der Waals surface area contributed by atoms with Crippen molar-refractivity contribution in [2.45, 2.75) is 26.7 Å². The van der Waals surface area contributed by atoms with Crippen molar-refractivity contribution in [3.8, 4) is 0 Å². The highest BCUT2D eigenvalue weighted by Gasteiger charge is 2.25. The Morgan fingerprint density at radius 3 is 2.88 bits per heavy atom. The van der Waals surface area contributed by atoms with Gasteiger partial charge in [0, 0.05) is 12.1 Å². The third kappa shape index (κ3) is 2.36. The first-order valence-corrected chi connectivity index (χ1v) is 5.78. The molecule has 1 aromatic rings. The molecule has 0 aliphatic carbocycles. The fraction of sp³-hybridized carbons (Fsp3) is 0.385. The molecule has 0 aromatic heterocycles. The number of benzene rings is 1. The number of carbonyl (C=O) groups excluding carboxylic acids is 1. The van der Waals surface area contributed by atoms with Crippen LogP contribution in [-0.2, 0) is 4.79 Å². The van der Waals surface area contributed by atoms with Gasteiger partial charge in [-0.05, 0) is 37.6 Å². The maximum absolute atomic E-state index is 11.9. The fourth-order valence-electron chi connectivity index (χ4n) is 1.92. The molecular formula is C13H17N3O. The zero-order valence-electron chi connectivity index (χ0n) is 10.2. The predicted octanol–water partition coefficient (Wildman–Crippen LogP) is 1.74. The maximum Gasteiger partial charge on any atom is 0.253 e.